The maximum absolute atomic E-state index is 13.0. The first kappa shape index (κ1) is 16.0. The topological polar surface area (TPSA) is 79.2 Å². The van der Waals surface area contributed by atoms with Gasteiger partial charge in [0.2, 0.25) is 0 Å². The van der Waals surface area contributed by atoms with Gasteiger partial charge in [-0.05, 0) is 31.0 Å². The smallest absolute Gasteiger partial charge is 0.338 e. The quantitative estimate of drug-likeness (QED) is 0.866. The summed E-state index contributed by atoms with van der Waals surface area (Å²) in [6, 6.07) is 7.20. The molecule has 1 aliphatic carbocycles. The van der Waals surface area contributed by atoms with Crippen molar-refractivity contribution in [1.29, 1.82) is 5.26 Å². The molecule has 5 nitrogen and oxygen atoms in total. The molecule has 0 radical (unpaired) electrons. The number of carbonyl (C=O) groups excluding carboxylic acids is 2. The first-order chi connectivity index (χ1) is 10.5. The Labute approximate surface area is 128 Å². The van der Waals surface area contributed by atoms with Gasteiger partial charge in [-0.1, -0.05) is 25.3 Å². The molecule has 1 aromatic carbocycles. The van der Waals surface area contributed by atoms with Crippen LogP contribution in [0.5, 0.6) is 0 Å². The molecule has 116 valence electrons. The first-order valence-electron chi connectivity index (χ1n) is 7.20. The molecular formula is C16H17FN2O3. The molecule has 1 fully saturated rings. The molecule has 0 spiro atoms. The van der Waals surface area contributed by atoms with Gasteiger partial charge in [0.25, 0.3) is 5.91 Å². The zero-order chi connectivity index (χ0) is 16.0. The van der Waals surface area contributed by atoms with Gasteiger partial charge in [-0.15, -0.1) is 0 Å². The molecule has 0 aromatic heterocycles. The number of nitrogens with zero attached hydrogens (tertiary/aromatic N) is 1. The molecule has 0 bridgehead atoms. The third kappa shape index (κ3) is 4.04. The summed E-state index contributed by atoms with van der Waals surface area (Å²) >= 11 is 0. The average Bonchev–Trinajstić information content (AvgIpc) is 2.53. The Morgan fingerprint density at radius 1 is 1.32 bits per heavy atom. The van der Waals surface area contributed by atoms with Crippen molar-refractivity contribution in [1.82, 2.24) is 5.32 Å². The lowest BCUT2D eigenvalue weighted by molar-refractivity contribution is -0.125. The van der Waals surface area contributed by atoms with Gasteiger partial charge in [-0.2, -0.15) is 5.26 Å². The van der Waals surface area contributed by atoms with E-state index in [4.69, 9.17) is 4.74 Å². The van der Waals surface area contributed by atoms with Gasteiger partial charge in [0.15, 0.2) is 6.61 Å². The highest BCUT2D eigenvalue weighted by Crippen LogP contribution is 2.27. The van der Waals surface area contributed by atoms with Crippen LogP contribution in [-0.4, -0.2) is 24.0 Å². The molecule has 2 rings (SSSR count). The summed E-state index contributed by atoms with van der Waals surface area (Å²) in [5, 5.41) is 11.9. The van der Waals surface area contributed by atoms with E-state index in [2.05, 4.69) is 11.4 Å². The number of hydrogen-bond acceptors (Lipinski definition) is 4. The van der Waals surface area contributed by atoms with Gasteiger partial charge in [0.1, 0.15) is 11.4 Å². The molecule has 6 heteroatoms. The largest absolute Gasteiger partial charge is 0.452 e. The highest BCUT2D eigenvalue weighted by atomic mass is 19.1. The SMILES string of the molecule is N#CC1(NC(=O)COC(=O)c2cccc(F)c2)CCCCC1. The zero-order valence-corrected chi connectivity index (χ0v) is 12.1. The summed E-state index contributed by atoms with van der Waals surface area (Å²) in [5.41, 5.74) is -0.818. The molecular weight excluding hydrogens is 287 g/mol. The summed E-state index contributed by atoms with van der Waals surface area (Å²) in [6.45, 7) is -0.487. The van der Waals surface area contributed by atoms with Crippen LogP contribution < -0.4 is 5.32 Å². The van der Waals surface area contributed by atoms with E-state index in [1.807, 2.05) is 0 Å². The standard InChI is InChI=1S/C16H17FN2O3/c17-13-6-4-5-12(9-13)15(21)22-10-14(20)19-16(11-18)7-2-1-3-8-16/h4-6,9H,1-3,7-8,10H2,(H,19,20). The Kier molecular flexibility index (Phi) is 5.10. The fraction of sp³-hybridized carbons (Fsp3) is 0.438. The number of amides is 1. The maximum atomic E-state index is 13.0. The Hall–Kier alpha value is -2.42. The van der Waals surface area contributed by atoms with Crippen molar-refractivity contribution < 1.29 is 18.7 Å². The molecule has 0 heterocycles. The van der Waals surface area contributed by atoms with Crippen molar-refractivity contribution in [3.63, 3.8) is 0 Å². The second kappa shape index (κ2) is 7.03. The molecule has 0 unspecified atom stereocenters. The molecule has 1 amide bonds. The molecule has 22 heavy (non-hydrogen) atoms. The van der Waals surface area contributed by atoms with Gasteiger partial charge in [0, 0.05) is 0 Å². The van der Waals surface area contributed by atoms with Crippen LogP contribution in [0.2, 0.25) is 0 Å². The Morgan fingerprint density at radius 2 is 2.05 bits per heavy atom. The van der Waals surface area contributed by atoms with Crippen LogP contribution in [0.3, 0.4) is 0 Å². The number of rotatable bonds is 4. The van der Waals surface area contributed by atoms with E-state index in [1.165, 1.54) is 18.2 Å². The monoisotopic (exact) mass is 304 g/mol. The van der Waals surface area contributed by atoms with E-state index in [0.29, 0.717) is 12.8 Å². The first-order valence-corrected chi connectivity index (χ1v) is 7.20. The normalized spacial score (nSPS) is 16.4. The Morgan fingerprint density at radius 3 is 2.68 bits per heavy atom. The minimum atomic E-state index is -0.861. The molecule has 1 N–H and O–H groups in total. The number of esters is 1. The molecule has 1 aromatic rings. The van der Waals surface area contributed by atoms with Gasteiger partial charge in [-0.3, -0.25) is 4.79 Å². The number of ether oxygens (including phenoxy) is 1. The van der Waals surface area contributed by atoms with E-state index in [1.54, 1.807) is 0 Å². The van der Waals surface area contributed by atoms with Gasteiger partial charge >= 0.3 is 5.97 Å². The lowest BCUT2D eigenvalue weighted by atomic mass is 9.83. The van der Waals surface area contributed by atoms with E-state index < -0.39 is 29.8 Å². The number of hydrogen-bond donors (Lipinski definition) is 1. The van der Waals surface area contributed by atoms with Crippen LogP contribution in [0.25, 0.3) is 0 Å². The van der Waals surface area contributed by atoms with Crippen molar-refractivity contribution in [2.45, 2.75) is 37.6 Å². The average molecular weight is 304 g/mol. The fourth-order valence-corrected chi connectivity index (χ4v) is 2.55. The third-order valence-electron chi connectivity index (χ3n) is 3.69. The fourth-order valence-electron chi connectivity index (χ4n) is 2.55. The molecule has 0 atom stereocenters. The van der Waals surface area contributed by atoms with E-state index in [9.17, 15) is 19.2 Å². The van der Waals surface area contributed by atoms with Crippen LogP contribution in [0.15, 0.2) is 24.3 Å². The van der Waals surface area contributed by atoms with Crippen LogP contribution in [0, 0.1) is 17.1 Å². The lowest BCUT2D eigenvalue weighted by Crippen LogP contribution is -2.50. The van der Waals surface area contributed by atoms with Crippen molar-refractivity contribution in [3.8, 4) is 6.07 Å². The highest BCUT2D eigenvalue weighted by molar-refractivity contribution is 5.91. The summed E-state index contributed by atoms with van der Waals surface area (Å²) in [4.78, 5) is 23.6. The lowest BCUT2D eigenvalue weighted by Gasteiger charge is -2.31. The summed E-state index contributed by atoms with van der Waals surface area (Å²) in [6.07, 6.45) is 4.03. The van der Waals surface area contributed by atoms with E-state index >= 15 is 0 Å². The predicted octanol–water partition coefficient (Wildman–Crippen LogP) is 2.33. The number of carbonyl (C=O) groups is 2. The number of nitriles is 1. The van der Waals surface area contributed by atoms with Crippen LogP contribution in [-0.2, 0) is 9.53 Å². The molecule has 0 aliphatic heterocycles. The van der Waals surface area contributed by atoms with E-state index in [0.717, 1.165) is 25.3 Å². The van der Waals surface area contributed by atoms with Crippen molar-refractivity contribution in [2.24, 2.45) is 0 Å². The Balaban J connectivity index is 1.87. The third-order valence-corrected chi connectivity index (χ3v) is 3.69. The summed E-state index contributed by atoms with van der Waals surface area (Å²) in [7, 11) is 0. The molecule has 1 aliphatic rings. The van der Waals surface area contributed by atoms with Crippen LogP contribution in [0.4, 0.5) is 4.39 Å². The maximum Gasteiger partial charge on any atom is 0.338 e. The van der Waals surface area contributed by atoms with Gasteiger partial charge < -0.3 is 10.1 Å². The molecule has 1 saturated carbocycles. The number of nitrogens with one attached hydrogen (secondary N) is 1. The summed E-state index contributed by atoms with van der Waals surface area (Å²) < 4.78 is 17.9. The van der Waals surface area contributed by atoms with Crippen LogP contribution in [0.1, 0.15) is 42.5 Å². The molecule has 0 saturated heterocycles. The minimum Gasteiger partial charge on any atom is -0.452 e. The van der Waals surface area contributed by atoms with E-state index in [-0.39, 0.29) is 5.56 Å². The Bertz CT molecular complexity index is 604. The second-order valence-corrected chi connectivity index (χ2v) is 5.39. The van der Waals surface area contributed by atoms with Gasteiger partial charge in [0.05, 0.1) is 11.6 Å². The number of halogens is 1. The predicted molar refractivity (Wildman–Crippen MR) is 76.3 cm³/mol. The highest BCUT2D eigenvalue weighted by Gasteiger charge is 2.33. The van der Waals surface area contributed by atoms with Crippen molar-refractivity contribution in [3.05, 3.63) is 35.6 Å². The van der Waals surface area contributed by atoms with Crippen LogP contribution >= 0.6 is 0 Å². The van der Waals surface area contributed by atoms with Gasteiger partial charge in [-0.25, -0.2) is 9.18 Å². The van der Waals surface area contributed by atoms with Crippen molar-refractivity contribution in [2.75, 3.05) is 6.61 Å². The second-order valence-electron chi connectivity index (χ2n) is 5.39. The number of benzene rings is 1. The minimum absolute atomic E-state index is 0.0421. The van der Waals surface area contributed by atoms with Crippen molar-refractivity contribution >= 4 is 11.9 Å². The zero-order valence-electron chi connectivity index (χ0n) is 12.1. The summed E-state index contributed by atoms with van der Waals surface area (Å²) in [5.74, 6) is -1.85.